The van der Waals surface area contributed by atoms with Gasteiger partial charge in [0, 0.05) is 24.0 Å². The highest BCUT2D eigenvalue weighted by molar-refractivity contribution is 5.15. The number of likely N-dealkylation sites (N-methyl/N-ethyl adjacent to an activating group) is 1. The predicted octanol–water partition coefficient (Wildman–Crippen LogP) is 0.964. The molecule has 1 fully saturated rings. The smallest absolute Gasteiger partial charge is 0.0372 e. The summed E-state index contributed by atoms with van der Waals surface area (Å²) >= 11 is 0. The molecule has 15 heavy (non-hydrogen) atoms. The van der Waals surface area contributed by atoms with Gasteiger partial charge in [-0.05, 0) is 45.0 Å². The summed E-state index contributed by atoms with van der Waals surface area (Å²) in [5, 5.41) is 0. The summed E-state index contributed by atoms with van der Waals surface area (Å²) in [5.74, 6) is 0. The SMILES string of the molecule is Cc1ccc(CC2C(N)CCN2C)cn1. The topological polar surface area (TPSA) is 42.1 Å². The second kappa shape index (κ2) is 4.29. The third-order valence-electron chi connectivity index (χ3n) is 3.29. The van der Waals surface area contributed by atoms with E-state index in [0.717, 1.165) is 25.1 Å². The van der Waals surface area contributed by atoms with E-state index < -0.39 is 0 Å². The molecule has 3 nitrogen and oxygen atoms in total. The van der Waals surface area contributed by atoms with Crippen LogP contribution in [0.4, 0.5) is 0 Å². The lowest BCUT2D eigenvalue weighted by atomic mass is 10.0. The quantitative estimate of drug-likeness (QED) is 0.782. The van der Waals surface area contributed by atoms with Gasteiger partial charge in [-0.3, -0.25) is 4.98 Å². The molecular weight excluding hydrogens is 186 g/mol. The first-order valence-electron chi connectivity index (χ1n) is 5.54. The molecule has 0 aromatic carbocycles. The van der Waals surface area contributed by atoms with Crippen LogP contribution in [0.1, 0.15) is 17.7 Å². The average molecular weight is 205 g/mol. The Hall–Kier alpha value is -0.930. The first-order chi connectivity index (χ1) is 7.16. The molecule has 2 unspecified atom stereocenters. The Morgan fingerprint density at radius 2 is 2.33 bits per heavy atom. The van der Waals surface area contributed by atoms with E-state index in [4.69, 9.17) is 5.73 Å². The largest absolute Gasteiger partial charge is 0.326 e. The molecule has 1 aliphatic heterocycles. The normalized spacial score (nSPS) is 27.1. The van der Waals surface area contributed by atoms with E-state index in [-0.39, 0.29) is 0 Å². The van der Waals surface area contributed by atoms with Crippen molar-refractivity contribution < 1.29 is 0 Å². The number of nitrogens with zero attached hydrogens (tertiary/aromatic N) is 2. The third kappa shape index (κ3) is 2.36. The van der Waals surface area contributed by atoms with Gasteiger partial charge in [-0.1, -0.05) is 6.07 Å². The first kappa shape index (κ1) is 10.6. The Morgan fingerprint density at radius 1 is 1.53 bits per heavy atom. The van der Waals surface area contributed by atoms with Gasteiger partial charge in [0.2, 0.25) is 0 Å². The molecule has 1 saturated heterocycles. The first-order valence-corrected chi connectivity index (χ1v) is 5.54. The van der Waals surface area contributed by atoms with Crippen molar-refractivity contribution in [3.8, 4) is 0 Å². The van der Waals surface area contributed by atoms with E-state index >= 15 is 0 Å². The van der Waals surface area contributed by atoms with Crippen LogP contribution in [0.3, 0.4) is 0 Å². The van der Waals surface area contributed by atoms with Crippen LogP contribution in [-0.4, -0.2) is 35.6 Å². The molecule has 2 atom stereocenters. The van der Waals surface area contributed by atoms with Crippen LogP contribution >= 0.6 is 0 Å². The van der Waals surface area contributed by atoms with Crippen LogP contribution < -0.4 is 5.73 Å². The molecule has 0 bridgehead atoms. The zero-order chi connectivity index (χ0) is 10.8. The highest BCUT2D eigenvalue weighted by Crippen LogP contribution is 2.18. The van der Waals surface area contributed by atoms with Crippen LogP contribution in [0.25, 0.3) is 0 Å². The van der Waals surface area contributed by atoms with Gasteiger partial charge in [-0.2, -0.15) is 0 Å². The van der Waals surface area contributed by atoms with Crippen LogP contribution in [-0.2, 0) is 6.42 Å². The molecule has 2 N–H and O–H groups in total. The molecule has 82 valence electrons. The number of hydrogen-bond acceptors (Lipinski definition) is 3. The number of nitrogens with two attached hydrogens (primary N) is 1. The van der Waals surface area contributed by atoms with Crippen molar-refractivity contribution >= 4 is 0 Å². The summed E-state index contributed by atoms with van der Waals surface area (Å²) < 4.78 is 0. The number of pyridine rings is 1. The van der Waals surface area contributed by atoms with E-state index in [1.165, 1.54) is 5.56 Å². The monoisotopic (exact) mass is 205 g/mol. The molecule has 0 saturated carbocycles. The van der Waals surface area contributed by atoms with Crippen molar-refractivity contribution in [3.63, 3.8) is 0 Å². The molecule has 1 aromatic rings. The molecule has 0 radical (unpaired) electrons. The number of likely N-dealkylation sites (tertiary alicyclic amines) is 1. The molecule has 1 aliphatic rings. The predicted molar refractivity (Wildman–Crippen MR) is 61.7 cm³/mol. The van der Waals surface area contributed by atoms with Crippen molar-refractivity contribution in [2.24, 2.45) is 5.73 Å². The fourth-order valence-corrected chi connectivity index (χ4v) is 2.21. The Kier molecular flexibility index (Phi) is 3.03. The standard InChI is InChI=1S/C12H19N3/c1-9-3-4-10(8-14-9)7-12-11(13)5-6-15(12)2/h3-4,8,11-12H,5-7,13H2,1-2H3. The maximum Gasteiger partial charge on any atom is 0.0372 e. The zero-order valence-electron chi connectivity index (χ0n) is 9.48. The minimum absolute atomic E-state index is 0.316. The Balaban J connectivity index is 2.04. The van der Waals surface area contributed by atoms with Crippen LogP contribution in [0.15, 0.2) is 18.3 Å². The van der Waals surface area contributed by atoms with Gasteiger partial charge in [0.15, 0.2) is 0 Å². The molecule has 0 amide bonds. The lowest BCUT2D eigenvalue weighted by Crippen LogP contribution is -2.39. The van der Waals surface area contributed by atoms with Crippen molar-refractivity contribution in [3.05, 3.63) is 29.6 Å². The molecule has 0 aliphatic carbocycles. The Bertz CT molecular complexity index is 310. The van der Waals surface area contributed by atoms with Crippen molar-refractivity contribution in [2.75, 3.05) is 13.6 Å². The van der Waals surface area contributed by atoms with E-state index in [9.17, 15) is 0 Å². The Labute approximate surface area is 91.3 Å². The zero-order valence-corrected chi connectivity index (χ0v) is 9.48. The minimum Gasteiger partial charge on any atom is -0.326 e. The molecule has 0 spiro atoms. The van der Waals surface area contributed by atoms with Gasteiger partial charge in [0.25, 0.3) is 0 Å². The summed E-state index contributed by atoms with van der Waals surface area (Å²) in [4.78, 5) is 6.66. The molecule has 1 aromatic heterocycles. The molecular formula is C12H19N3. The van der Waals surface area contributed by atoms with Crippen molar-refractivity contribution in [2.45, 2.75) is 31.8 Å². The van der Waals surface area contributed by atoms with Crippen molar-refractivity contribution in [1.29, 1.82) is 0 Å². The fourth-order valence-electron chi connectivity index (χ4n) is 2.21. The van der Waals surface area contributed by atoms with E-state index in [1.807, 2.05) is 13.1 Å². The molecule has 2 rings (SSSR count). The summed E-state index contributed by atoms with van der Waals surface area (Å²) in [5.41, 5.74) is 8.44. The van der Waals surface area contributed by atoms with Gasteiger partial charge in [0.1, 0.15) is 0 Å². The van der Waals surface area contributed by atoms with Gasteiger partial charge >= 0.3 is 0 Å². The summed E-state index contributed by atoms with van der Waals surface area (Å²) in [6.45, 7) is 3.13. The highest BCUT2D eigenvalue weighted by Gasteiger charge is 2.28. The Morgan fingerprint density at radius 3 is 2.87 bits per heavy atom. The average Bonchev–Trinajstić information content (AvgIpc) is 2.53. The summed E-state index contributed by atoms with van der Waals surface area (Å²) in [7, 11) is 2.15. The van der Waals surface area contributed by atoms with Gasteiger partial charge in [0.05, 0.1) is 0 Å². The van der Waals surface area contributed by atoms with E-state index in [1.54, 1.807) is 0 Å². The van der Waals surface area contributed by atoms with Crippen LogP contribution in [0, 0.1) is 6.92 Å². The molecule has 2 heterocycles. The van der Waals surface area contributed by atoms with Gasteiger partial charge < -0.3 is 10.6 Å². The summed E-state index contributed by atoms with van der Waals surface area (Å²) in [6, 6.07) is 5.02. The van der Waals surface area contributed by atoms with Gasteiger partial charge in [-0.15, -0.1) is 0 Å². The van der Waals surface area contributed by atoms with Gasteiger partial charge in [-0.25, -0.2) is 0 Å². The summed E-state index contributed by atoms with van der Waals surface area (Å²) in [6.07, 6.45) is 4.10. The van der Waals surface area contributed by atoms with Crippen molar-refractivity contribution in [1.82, 2.24) is 9.88 Å². The maximum absolute atomic E-state index is 6.09. The lowest BCUT2D eigenvalue weighted by molar-refractivity contribution is 0.296. The van der Waals surface area contributed by atoms with Crippen LogP contribution in [0.2, 0.25) is 0 Å². The van der Waals surface area contributed by atoms with E-state index in [0.29, 0.717) is 12.1 Å². The maximum atomic E-state index is 6.09. The number of aryl methyl sites for hydroxylation is 1. The highest BCUT2D eigenvalue weighted by atomic mass is 15.2. The number of rotatable bonds is 2. The minimum atomic E-state index is 0.316. The fraction of sp³-hybridized carbons (Fsp3) is 0.583. The third-order valence-corrected chi connectivity index (χ3v) is 3.29. The second-order valence-electron chi connectivity index (χ2n) is 4.51. The lowest BCUT2D eigenvalue weighted by Gasteiger charge is -2.22. The number of hydrogen-bond donors (Lipinski definition) is 1. The van der Waals surface area contributed by atoms with Crippen LogP contribution in [0.5, 0.6) is 0 Å². The second-order valence-corrected chi connectivity index (χ2v) is 4.51. The number of aromatic nitrogens is 1. The van der Waals surface area contributed by atoms with E-state index in [2.05, 4.69) is 29.1 Å². The molecule has 3 heteroatoms.